The van der Waals surface area contributed by atoms with Crippen LogP contribution in [0.2, 0.25) is 0 Å². The Morgan fingerprint density at radius 3 is 2.82 bits per heavy atom. The number of rotatable bonds is 2. The largest absolute Gasteiger partial charge is 0.439 e. The van der Waals surface area contributed by atoms with E-state index in [9.17, 15) is 0 Å². The Morgan fingerprint density at radius 2 is 2.12 bits per heavy atom. The number of aromatic nitrogens is 2. The van der Waals surface area contributed by atoms with E-state index in [-0.39, 0.29) is 5.95 Å². The number of anilines is 1. The van der Waals surface area contributed by atoms with Crippen molar-refractivity contribution in [3.63, 3.8) is 0 Å². The average Bonchev–Trinajstić information content (AvgIpc) is 2.28. The highest BCUT2D eigenvalue weighted by Crippen LogP contribution is 2.21. The molecule has 1 aromatic heterocycles. The summed E-state index contributed by atoms with van der Waals surface area (Å²) in [6.45, 7) is 1.80. The van der Waals surface area contributed by atoms with Crippen molar-refractivity contribution in [2.75, 3.05) is 5.73 Å². The first-order valence-electron chi connectivity index (χ1n) is 4.96. The zero-order valence-corrected chi connectivity index (χ0v) is 9.21. The van der Waals surface area contributed by atoms with Crippen LogP contribution in [0.15, 0.2) is 30.3 Å². The Hall–Kier alpha value is -2.61. The fraction of sp³-hybridized carbons (Fsp3) is 0.0833. The number of hydrogen-bond acceptors (Lipinski definition) is 5. The molecule has 0 bridgehead atoms. The lowest BCUT2D eigenvalue weighted by atomic mass is 10.2. The van der Waals surface area contributed by atoms with Gasteiger partial charge < -0.3 is 10.5 Å². The van der Waals surface area contributed by atoms with Gasteiger partial charge in [0.15, 0.2) is 0 Å². The minimum absolute atomic E-state index is 0.163. The van der Waals surface area contributed by atoms with E-state index in [1.165, 1.54) is 0 Å². The molecule has 0 saturated heterocycles. The number of nitriles is 1. The zero-order chi connectivity index (χ0) is 12.3. The van der Waals surface area contributed by atoms with Crippen molar-refractivity contribution < 1.29 is 4.74 Å². The van der Waals surface area contributed by atoms with Crippen LogP contribution in [0.25, 0.3) is 0 Å². The van der Waals surface area contributed by atoms with Gasteiger partial charge in [-0.05, 0) is 25.1 Å². The monoisotopic (exact) mass is 226 g/mol. The fourth-order valence-electron chi connectivity index (χ4n) is 1.36. The second-order valence-electron chi connectivity index (χ2n) is 3.45. The van der Waals surface area contributed by atoms with Crippen molar-refractivity contribution in [2.45, 2.75) is 6.92 Å². The first-order chi connectivity index (χ1) is 8.17. The van der Waals surface area contributed by atoms with Crippen LogP contribution < -0.4 is 10.5 Å². The van der Waals surface area contributed by atoms with Crippen molar-refractivity contribution in [3.8, 4) is 17.7 Å². The maximum atomic E-state index is 8.77. The molecule has 0 saturated carbocycles. The molecule has 0 aliphatic carbocycles. The standard InChI is InChI=1S/C12H10N4O/c1-8-5-11(16-12(14)15-8)17-10-4-2-3-9(6-10)7-13/h2-6H,1H3,(H2,14,15,16). The molecule has 0 aliphatic rings. The summed E-state index contributed by atoms with van der Waals surface area (Å²) in [6.07, 6.45) is 0. The summed E-state index contributed by atoms with van der Waals surface area (Å²) >= 11 is 0. The molecule has 0 aliphatic heterocycles. The maximum Gasteiger partial charge on any atom is 0.224 e. The third kappa shape index (κ3) is 2.69. The van der Waals surface area contributed by atoms with Crippen LogP contribution in [-0.4, -0.2) is 9.97 Å². The molecular formula is C12H10N4O. The highest BCUT2D eigenvalue weighted by molar-refractivity contribution is 5.38. The molecular weight excluding hydrogens is 216 g/mol. The lowest BCUT2D eigenvalue weighted by Gasteiger charge is -2.05. The molecule has 0 radical (unpaired) electrons. The summed E-state index contributed by atoms with van der Waals surface area (Å²) in [5.41, 5.74) is 6.77. The molecule has 2 N–H and O–H groups in total. The lowest BCUT2D eigenvalue weighted by Crippen LogP contribution is -1.98. The molecule has 2 rings (SSSR count). The van der Waals surface area contributed by atoms with Gasteiger partial charge in [0.05, 0.1) is 11.6 Å². The van der Waals surface area contributed by atoms with Crippen LogP contribution in [-0.2, 0) is 0 Å². The summed E-state index contributed by atoms with van der Waals surface area (Å²) in [5, 5.41) is 8.77. The van der Waals surface area contributed by atoms with E-state index in [0.29, 0.717) is 17.2 Å². The van der Waals surface area contributed by atoms with Gasteiger partial charge in [-0.3, -0.25) is 0 Å². The van der Waals surface area contributed by atoms with Gasteiger partial charge in [0.1, 0.15) is 5.75 Å². The number of nitrogens with two attached hydrogens (primary N) is 1. The molecule has 5 heteroatoms. The Morgan fingerprint density at radius 1 is 1.29 bits per heavy atom. The van der Waals surface area contributed by atoms with Crippen LogP contribution in [0, 0.1) is 18.3 Å². The van der Waals surface area contributed by atoms with Gasteiger partial charge in [0, 0.05) is 11.8 Å². The molecule has 0 fully saturated rings. The average molecular weight is 226 g/mol. The number of ether oxygens (including phenoxy) is 1. The topological polar surface area (TPSA) is 84.8 Å². The van der Waals surface area contributed by atoms with Gasteiger partial charge >= 0.3 is 0 Å². The Bertz CT molecular complexity index is 569. The molecule has 1 aromatic carbocycles. The second-order valence-corrected chi connectivity index (χ2v) is 3.45. The molecule has 84 valence electrons. The lowest BCUT2D eigenvalue weighted by molar-refractivity contribution is 0.462. The second kappa shape index (κ2) is 4.49. The summed E-state index contributed by atoms with van der Waals surface area (Å²) in [6, 6.07) is 10.5. The predicted molar refractivity (Wildman–Crippen MR) is 62.4 cm³/mol. The van der Waals surface area contributed by atoms with Gasteiger partial charge in [0.2, 0.25) is 11.8 Å². The van der Waals surface area contributed by atoms with Crippen LogP contribution in [0.1, 0.15) is 11.3 Å². The zero-order valence-electron chi connectivity index (χ0n) is 9.21. The normalized spacial score (nSPS) is 9.65. The number of aryl methyl sites for hydroxylation is 1. The minimum Gasteiger partial charge on any atom is -0.439 e. The van der Waals surface area contributed by atoms with E-state index in [4.69, 9.17) is 15.7 Å². The van der Waals surface area contributed by atoms with Gasteiger partial charge in [-0.25, -0.2) is 4.98 Å². The summed E-state index contributed by atoms with van der Waals surface area (Å²) in [4.78, 5) is 7.89. The third-order valence-electron chi connectivity index (χ3n) is 2.03. The van der Waals surface area contributed by atoms with E-state index in [2.05, 4.69) is 9.97 Å². The van der Waals surface area contributed by atoms with E-state index in [1.807, 2.05) is 6.07 Å². The van der Waals surface area contributed by atoms with Crippen LogP contribution in [0.3, 0.4) is 0 Å². The van der Waals surface area contributed by atoms with Gasteiger partial charge in [0.25, 0.3) is 0 Å². The summed E-state index contributed by atoms with van der Waals surface area (Å²) in [7, 11) is 0. The third-order valence-corrected chi connectivity index (χ3v) is 2.03. The molecule has 0 amide bonds. The number of nitrogens with zero attached hydrogens (tertiary/aromatic N) is 3. The molecule has 1 heterocycles. The highest BCUT2D eigenvalue weighted by Gasteiger charge is 2.02. The highest BCUT2D eigenvalue weighted by atomic mass is 16.5. The van der Waals surface area contributed by atoms with E-state index >= 15 is 0 Å². The van der Waals surface area contributed by atoms with Crippen molar-refractivity contribution in [1.29, 1.82) is 5.26 Å². The first kappa shape index (κ1) is 10.9. The van der Waals surface area contributed by atoms with Gasteiger partial charge in [-0.2, -0.15) is 10.2 Å². The van der Waals surface area contributed by atoms with Crippen LogP contribution >= 0.6 is 0 Å². The predicted octanol–water partition coefficient (Wildman–Crippen LogP) is 2.03. The molecule has 17 heavy (non-hydrogen) atoms. The van der Waals surface area contributed by atoms with Crippen LogP contribution in [0.5, 0.6) is 11.6 Å². The summed E-state index contributed by atoms with van der Waals surface area (Å²) in [5.74, 6) is 1.07. The van der Waals surface area contributed by atoms with Gasteiger partial charge in [-0.15, -0.1) is 0 Å². The van der Waals surface area contributed by atoms with E-state index in [0.717, 1.165) is 5.69 Å². The number of nitrogen functional groups attached to an aromatic ring is 1. The Balaban J connectivity index is 2.28. The Labute approximate surface area is 98.5 Å². The number of hydrogen-bond donors (Lipinski definition) is 1. The fourth-order valence-corrected chi connectivity index (χ4v) is 1.36. The minimum atomic E-state index is 0.163. The molecule has 0 unspecified atom stereocenters. The number of benzene rings is 1. The van der Waals surface area contributed by atoms with Crippen molar-refractivity contribution in [2.24, 2.45) is 0 Å². The van der Waals surface area contributed by atoms with Gasteiger partial charge in [-0.1, -0.05) is 6.07 Å². The SMILES string of the molecule is Cc1cc(Oc2cccc(C#N)c2)nc(N)n1. The van der Waals surface area contributed by atoms with Crippen LogP contribution in [0.4, 0.5) is 5.95 Å². The van der Waals surface area contributed by atoms with E-state index < -0.39 is 0 Å². The van der Waals surface area contributed by atoms with E-state index in [1.54, 1.807) is 37.3 Å². The quantitative estimate of drug-likeness (QED) is 0.846. The first-order valence-corrected chi connectivity index (χ1v) is 4.96. The van der Waals surface area contributed by atoms with Crippen molar-refractivity contribution in [1.82, 2.24) is 9.97 Å². The summed E-state index contributed by atoms with van der Waals surface area (Å²) < 4.78 is 5.50. The maximum absolute atomic E-state index is 8.77. The molecule has 0 atom stereocenters. The van der Waals surface area contributed by atoms with Crippen molar-refractivity contribution >= 4 is 5.95 Å². The molecule has 2 aromatic rings. The molecule has 0 spiro atoms. The Kier molecular flexibility index (Phi) is 2.88. The molecule has 5 nitrogen and oxygen atoms in total. The van der Waals surface area contributed by atoms with Crippen molar-refractivity contribution in [3.05, 3.63) is 41.6 Å². The smallest absolute Gasteiger partial charge is 0.224 e.